The third-order valence-electron chi connectivity index (χ3n) is 3.11. The van der Waals surface area contributed by atoms with E-state index in [2.05, 4.69) is 15.9 Å². The van der Waals surface area contributed by atoms with Crippen molar-refractivity contribution in [2.24, 2.45) is 0 Å². The number of halogens is 2. The molecule has 0 bridgehead atoms. The molecule has 0 N–H and O–H groups in total. The molecule has 2 heterocycles. The Labute approximate surface area is 129 Å². The lowest BCUT2D eigenvalue weighted by atomic mass is 10.1. The van der Waals surface area contributed by atoms with Crippen LogP contribution >= 0.6 is 38.9 Å². The molecule has 1 aliphatic heterocycles. The van der Waals surface area contributed by atoms with E-state index >= 15 is 0 Å². The molecule has 0 aliphatic carbocycles. The SMILES string of the molecule is CN1c2cc(Br)sc2C(Cl)c2ccccc2S1(=O)=O. The first-order valence-electron chi connectivity index (χ1n) is 5.44. The van der Waals surface area contributed by atoms with Gasteiger partial charge in [-0.05, 0) is 33.6 Å². The van der Waals surface area contributed by atoms with Gasteiger partial charge < -0.3 is 0 Å². The highest BCUT2D eigenvalue weighted by molar-refractivity contribution is 9.11. The van der Waals surface area contributed by atoms with Crippen LogP contribution in [0.3, 0.4) is 0 Å². The van der Waals surface area contributed by atoms with Crippen molar-refractivity contribution < 1.29 is 8.42 Å². The number of hydrogen-bond acceptors (Lipinski definition) is 3. The molecular weight excluding hydrogens is 370 g/mol. The van der Waals surface area contributed by atoms with Crippen LogP contribution in [-0.2, 0) is 10.0 Å². The second-order valence-electron chi connectivity index (χ2n) is 4.17. The van der Waals surface area contributed by atoms with E-state index < -0.39 is 15.4 Å². The minimum absolute atomic E-state index is 0.275. The van der Waals surface area contributed by atoms with E-state index in [9.17, 15) is 8.42 Å². The molecule has 3 nitrogen and oxygen atoms in total. The molecule has 0 spiro atoms. The van der Waals surface area contributed by atoms with Crippen molar-refractivity contribution in [2.75, 3.05) is 11.4 Å². The minimum atomic E-state index is -3.56. The summed E-state index contributed by atoms with van der Waals surface area (Å²) < 4.78 is 27.4. The van der Waals surface area contributed by atoms with Crippen LogP contribution in [0, 0.1) is 0 Å². The summed E-state index contributed by atoms with van der Waals surface area (Å²) >= 11 is 11.3. The second-order valence-corrected chi connectivity index (χ2v) is 9.01. The molecule has 0 amide bonds. The maximum atomic E-state index is 12.6. The molecule has 0 radical (unpaired) electrons. The molecule has 1 aliphatic rings. The number of fused-ring (bicyclic) bond motifs is 2. The predicted molar refractivity (Wildman–Crippen MR) is 81.7 cm³/mol. The van der Waals surface area contributed by atoms with Crippen LogP contribution < -0.4 is 4.31 Å². The minimum Gasteiger partial charge on any atom is -0.268 e. The molecule has 19 heavy (non-hydrogen) atoms. The highest BCUT2D eigenvalue weighted by Gasteiger charge is 2.35. The summed E-state index contributed by atoms with van der Waals surface area (Å²) in [5.74, 6) is 0. The van der Waals surface area contributed by atoms with Crippen molar-refractivity contribution in [3.05, 3.63) is 44.6 Å². The highest BCUT2D eigenvalue weighted by Crippen LogP contribution is 2.48. The molecular formula is C12H9BrClNO2S2. The van der Waals surface area contributed by atoms with Crippen molar-refractivity contribution in [3.63, 3.8) is 0 Å². The summed E-state index contributed by atoms with van der Waals surface area (Å²) in [7, 11) is -2.00. The molecule has 1 atom stereocenters. The van der Waals surface area contributed by atoms with E-state index in [1.54, 1.807) is 37.4 Å². The predicted octanol–water partition coefficient (Wildman–Crippen LogP) is 3.98. The van der Waals surface area contributed by atoms with E-state index in [1.807, 2.05) is 0 Å². The monoisotopic (exact) mass is 377 g/mol. The van der Waals surface area contributed by atoms with Gasteiger partial charge in [0.2, 0.25) is 0 Å². The van der Waals surface area contributed by atoms with Crippen LogP contribution in [0.4, 0.5) is 5.69 Å². The normalized spacial score (nSPS) is 20.6. The summed E-state index contributed by atoms with van der Waals surface area (Å²) in [5, 5.41) is -0.456. The molecule has 0 fully saturated rings. The summed E-state index contributed by atoms with van der Waals surface area (Å²) in [6.45, 7) is 0. The lowest BCUT2D eigenvalue weighted by Gasteiger charge is -2.17. The Morgan fingerprint density at radius 1 is 1.37 bits per heavy atom. The molecule has 0 saturated carbocycles. The summed E-state index contributed by atoms with van der Waals surface area (Å²) in [4.78, 5) is 1.11. The van der Waals surface area contributed by atoms with Crippen molar-refractivity contribution in [1.82, 2.24) is 0 Å². The molecule has 1 unspecified atom stereocenters. The largest absolute Gasteiger partial charge is 0.268 e. The number of thiophene rings is 1. The number of alkyl halides is 1. The van der Waals surface area contributed by atoms with Gasteiger partial charge >= 0.3 is 0 Å². The highest BCUT2D eigenvalue weighted by atomic mass is 79.9. The van der Waals surface area contributed by atoms with Crippen LogP contribution in [0.15, 0.2) is 39.0 Å². The van der Waals surface area contributed by atoms with Crippen LogP contribution in [0.2, 0.25) is 0 Å². The first-order valence-corrected chi connectivity index (χ1v) is 8.92. The van der Waals surface area contributed by atoms with Crippen molar-refractivity contribution in [1.29, 1.82) is 0 Å². The third kappa shape index (κ3) is 1.93. The Kier molecular flexibility index (Phi) is 3.16. The maximum Gasteiger partial charge on any atom is 0.264 e. The fraction of sp³-hybridized carbons (Fsp3) is 0.167. The van der Waals surface area contributed by atoms with Gasteiger partial charge in [-0.15, -0.1) is 22.9 Å². The van der Waals surface area contributed by atoms with E-state index in [0.717, 1.165) is 8.66 Å². The first kappa shape index (κ1) is 13.4. The van der Waals surface area contributed by atoms with Gasteiger partial charge in [0.25, 0.3) is 10.0 Å². The lowest BCUT2D eigenvalue weighted by Crippen LogP contribution is -2.26. The number of anilines is 1. The standard InChI is InChI=1S/C12H9BrClNO2S2/c1-15-8-6-10(13)18-12(8)11(14)7-4-2-3-5-9(7)19(15,16)17/h2-6,11H,1H3. The fourth-order valence-corrected chi connectivity index (χ4v) is 5.79. The quantitative estimate of drug-likeness (QED) is 0.650. The van der Waals surface area contributed by atoms with Crippen LogP contribution in [0.5, 0.6) is 0 Å². The molecule has 2 aromatic rings. The van der Waals surface area contributed by atoms with Crippen LogP contribution in [-0.4, -0.2) is 15.5 Å². The van der Waals surface area contributed by atoms with Gasteiger partial charge in [-0.2, -0.15) is 0 Å². The average molecular weight is 379 g/mol. The van der Waals surface area contributed by atoms with Gasteiger partial charge in [0, 0.05) is 7.05 Å². The Balaban J connectivity index is 2.40. The van der Waals surface area contributed by atoms with E-state index in [-0.39, 0.29) is 4.90 Å². The zero-order valence-electron chi connectivity index (χ0n) is 9.80. The molecule has 1 aromatic heterocycles. The van der Waals surface area contributed by atoms with E-state index in [0.29, 0.717) is 11.3 Å². The Bertz CT molecular complexity index is 757. The van der Waals surface area contributed by atoms with Crippen molar-refractivity contribution in [3.8, 4) is 0 Å². The zero-order chi connectivity index (χ0) is 13.8. The maximum absolute atomic E-state index is 12.6. The number of rotatable bonds is 0. The van der Waals surface area contributed by atoms with E-state index in [4.69, 9.17) is 11.6 Å². The number of sulfonamides is 1. The van der Waals surface area contributed by atoms with Gasteiger partial charge in [-0.1, -0.05) is 18.2 Å². The fourth-order valence-electron chi connectivity index (χ4n) is 2.14. The molecule has 100 valence electrons. The van der Waals surface area contributed by atoms with Gasteiger partial charge in [0.05, 0.1) is 24.6 Å². The molecule has 0 saturated heterocycles. The van der Waals surface area contributed by atoms with Gasteiger partial charge in [0.15, 0.2) is 0 Å². The Hall–Kier alpha value is -0.560. The Morgan fingerprint density at radius 3 is 2.79 bits per heavy atom. The van der Waals surface area contributed by atoms with E-state index in [1.165, 1.54) is 15.6 Å². The molecule has 7 heteroatoms. The van der Waals surface area contributed by atoms with Gasteiger partial charge in [-0.3, -0.25) is 4.31 Å². The van der Waals surface area contributed by atoms with Crippen LogP contribution in [0.25, 0.3) is 0 Å². The number of benzene rings is 1. The number of nitrogens with zero attached hydrogens (tertiary/aromatic N) is 1. The molecule has 1 aromatic carbocycles. The smallest absolute Gasteiger partial charge is 0.264 e. The zero-order valence-corrected chi connectivity index (χ0v) is 13.8. The van der Waals surface area contributed by atoms with Crippen LogP contribution in [0.1, 0.15) is 15.8 Å². The number of hydrogen-bond donors (Lipinski definition) is 0. The summed E-state index contributed by atoms with van der Waals surface area (Å²) in [6.07, 6.45) is 0. The Morgan fingerprint density at radius 2 is 2.05 bits per heavy atom. The summed E-state index contributed by atoms with van der Waals surface area (Å²) in [5.41, 5.74) is 1.26. The first-order chi connectivity index (χ1) is 8.93. The van der Waals surface area contributed by atoms with Gasteiger partial charge in [-0.25, -0.2) is 8.42 Å². The topological polar surface area (TPSA) is 37.4 Å². The van der Waals surface area contributed by atoms with Gasteiger partial charge in [0.1, 0.15) is 0 Å². The lowest BCUT2D eigenvalue weighted by molar-refractivity contribution is 0.594. The average Bonchev–Trinajstić information content (AvgIpc) is 2.76. The van der Waals surface area contributed by atoms with Crippen molar-refractivity contribution >= 4 is 54.6 Å². The van der Waals surface area contributed by atoms with Crippen molar-refractivity contribution in [2.45, 2.75) is 10.3 Å². The second kappa shape index (κ2) is 4.48. The summed E-state index contributed by atoms with van der Waals surface area (Å²) in [6, 6.07) is 8.67. The third-order valence-corrected chi connectivity index (χ3v) is 7.23. The molecule has 3 rings (SSSR count).